The van der Waals surface area contributed by atoms with E-state index < -0.39 is 0 Å². The number of rotatable bonds is 3. The minimum atomic E-state index is -0.249. The van der Waals surface area contributed by atoms with Crippen molar-refractivity contribution in [3.8, 4) is 0 Å². The van der Waals surface area contributed by atoms with E-state index in [2.05, 4.69) is 18.7 Å². The lowest BCUT2D eigenvalue weighted by atomic mass is 10.1. The van der Waals surface area contributed by atoms with Crippen molar-refractivity contribution < 1.29 is 4.79 Å². The molecule has 1 rings (SSSR count). The lowest BCUT2D eigenvalue weighted by molar-refractivity contribution is -0.118. The predicted octanol–water partition coefficient (Wildman–Crippen LogP) is 3.22. The van der Waals surface area contributed by atoms with Crippen molar-refractivity contribution in [1.82, 2.24) is 0 Å². The average molecular weight is 251 g/mol. The molecule has 0 bridgehead atoms. The highest BCUT2D eigenvalue weighted by molar-refractivity contribution is 7.81. The highest BCUT2D eigenvalue weighted by Crippen LogP contribution is 2.22. The summed E-state index contributed by atoms with van der Waals surface area (Å²) in [6.07, 6.45) is 0. The molecular weight excluding hydrogens is 230 g/mol. The lowest BCUT2D eigenvalue weighted by Gasteiger charge is -2.24. The van der Waals surface area contributed by atoms with Gasteiger partial charge in [0, 0.05) is 12.7 Å². The van der Waals surface area contributed by atoms with Crippen LogP contribution in [0.5, 0.6) is 0 Å². The number of nitrogens with zero attached hydrogens (tertiary/aromatic N) is 1. The van der Waals surface area contributed by atoms with Crippen LogP contribution < -0.4 is 4.90 Å². The normalized spacial score (nSPS) is 12.6. The van der Waals surface area contributed by atoms with Crippen LogP contribution in [0.4, 0.5) is 5.69 Å². The quantitative estimate of drug-likeness (QED) is 0.818. The number of hydrogen-bond donors (Lipinski definition) is 1. The van der Waals surface area contributed by atoms with Gasteiger partial charge in [0.2, 0.25) is 5.91 Å². The second-order valence-corrected chi connectivity index (χ2v) is 5.43. The molecule has 0 saturated carbocycles. The van der Waals surface area contributed by atoms with Crippen molar-refractivity contribution in [2.24, 2.45) is 5.92 Å². The molecule has 0 radical (unpaired) electrons. The molecular formula is C14H21NOS. The molecule has 3 heteroatoms. The molecule has 0 aliphatic rings. The van der Waals surface area contributed by atoms with Crippen LogP contribution in [0.15, 0.2) is 18.2 Å². The molecule has 1 atom stereocenters. The van der Waals surface area contributed by atoms with Gasteiger partial charge in [0.1, 0.15) is 0 Å². The summed E-state index contributed by atoms with van der Waals surface area (Å²) >= 11 is 4.37. The van der Waals surface area contributed by atoms with E-state index in [1.54, 1.807) is 4.90 Å². The van der Waals surface area contributed by atoms with Gasteiger partial charge in [-0.2, -0.15) is 12.6 Å². The second kappa shape index (κ2) is 5.58. The standard InChI is InChI=1S/C14H21NOS/c1-9(2)13(17)14(16)15(5)12-7-6-10(3)8-11(12)4/h6-9,13,17H,1-5H3. The Balaban J connectivity index is 2.96. The first-order valence-electron chi connectivity index (χ1n) is 5.87. The van der Waals surface area contributed by atoms with Gasteiger partial charge in [-0.1, -0.05) is 31.5 Å². The molecule has 0 aliphatic heterocycles. The molecule has 94 valence electrons. The minimum absolute atomic E-state index is 0.0512. The zero-order valence-corrected chi connectivity index (χ0v) is 12.1. The molecule has 0 fully saturated rings. The molecule has 1 amide bonds. The Morgan fingerprint density at radius 1 is 1.29 bits per heavy atom. The smallest absolute Gasteiger partial charge is 0.239 e. The first-order chi connectivity index (χ1) is 7.84. The van der Waals surface area contributed by atoms with Gasteiger partial charge < -0.3 is 4.90 Å². The van der Waals surface area contributed by atoms with Crippen molar-refractivity contribution in [2.75, 3.05) is 11.9 Å². The summed E-state index contributed by atoms with van der Waals surface area (Å²) in [7, 11) is 1.81. The van der Waals surface area contributed by atoms with Gasteiger partial charge in [-0.25, -0.2) is 0 Å². The van der Waals surface area contributed by atoms with Crippen LogP contribution >= 0.6 is 12.6 Å². The highest BCUT2D eigenvalue weighted by Gasteiger charge is 2.23. The number of carbonyl (C=O) groups excluding carboxylic acids is 1. The Kier molecular flexibility index (Phi) is 4.63. The van der Waals surface area contributed by atoms with Crippen molar-refractivity contribution in [3.63, 3.8) is 0 Å². The third-order valence-electron chi connectivity index (χ3n) is 2.93. The summed E-state index contributed by atoms with van der Waals surface area (Å²) in [5, 5.41) is -0.249. The maximum atomic E-state index is 12.2. The molecule has 0 saturated heterocycles. The summed E-state index contributed by atoms with van der Waals surface area (Å²) in [5.74, 6) is 0.286. The molecule has 0 aliphatic carbocycles. The fourth-order valence-corrected chi connectivity index (χ4v) is 1.96. The van der Waals surface area contributed by atoms with E-state index in [1.165, 1.54) is 5.56 Å². The first kappa shape index (κ1) is 14.1. The Labute approximate surface area is 109 Å². The number of benzene rings is 1. The molecule has 0 aromatic heterocycles. The van der Waals surface area contributed by atoms with Gasteiger partial charge in [0.25, 0.3) is 0 Å². The molecule has 1 aromatic carbocycles. The minimum Gasteiger partial charge on any atom is -0.314 e. The van der Waals surface area contributed by atoms with Crippen LogP contribution in [-0.2, 0) is 4.79 Å². The largest absolute Gasteiger partial charge is 0.314 e. The second-order valence-electron chi connectivity index (χ2n) is 4.88. The van der Waals surface area contributed by atoms with Gasteiger partial charge in [-0.15, -0.1) is 0 Å². The number of carbonyl (C=O) groups is 1. The fraction of sp³-hybridized carbons (Fsp3) is 0.500. The summed E-state index contributed by atoms with van der Waals surface area (Å²) < 4.78 is 0. The summed E-state index contributed by atoms with van der Waals surface area (Å²) in [6.45, 7) is 8.08. The maximum Gasteiger partial charge on any atom is 0.239 e. The zero-order valence-electron chi connectivity index (χ0n) is 11.2. The van der Waals surface area contributed by atoms with E-state index >= 15 is 0 Å². The highest BCUT2D eigenvalue weighted by atomic mass is 32.1. The van der Waals surface area contributed by atoms with Crippen LogP contribution in [-0.4, -0.2) is 18.2 Å². The average Bonchev–Trinajstić information content (AvgIpc) is 2.26. The van der Waals surface area contributed by atoms with Gasteiger partial charge in [-0.3, -0.25) is 4.79 Å². The van der Waals surface area contributed by atoms with Crippen molar-refractivity contribution in [1.29, 1.82) is 0 Å². The summed E-state index contributed by atoms with van der Waals surface area (Å²) in [6, 6.07) is 6.10. The molecule has 0 heterocycles. The van der Waals surface area contributed by atoms with E-state index in [1.807, 2.05) is 46.9 Å². The molecule has 2 nitrogen and oxygen atoms in total. The van der Waals surface area contributed by atoms with Gasteiger partial charge in [-0.05, 0) is 31.4 Å². The molecule has 17 heavy (non-hydrogen) atoms. The van der Waals surface area contributed by atoms with Crippen LogP contribution in [0, 0.1) is 19.8 Å². The van der Waals surface area contributed by atoms with E-state index in [0.717, 1.165) is 11.3 Å². The third kappa shape index (κ3) is 3.25. The molecule has 0 spiro atoms. The number of thiol groups is 1. The van der Waals surface area contributed by atoms with E-state index in [9.17, 15) is 4.79 Å². The van der Waals surface area contributed by atoms with Crippen molar-refractivity contribution >= 4 is 24.2 Å². The van der Waals surface area contributed by atoms with E-state index in [0.29, 0.717) is 0 Å². The van der Waals surface area contributed by atoms with Gasteiger partial charge in [0.05, 0.1) is 5.25 Å². The van der Waals surface area contributed by atoms with Crippen LogP contribution in [0.2, 0.25) is 0 Å². The molecule has 0 N–H and O–H groups in total. The summed E-state index contributed by atoms with van der Waals surface area (Å²) in [4.78, 5) is 13.9. The monoisotopic (exact) mass is 251 g/mol. The van der Waals surface area contributed by atoms with Crippen molar-refractivity contribution in [2.45, 2.75) is 32.9 Å². The van der Waals surface area contributed by atoms with Crippen LogP contribution in [0.3, 0.4) is 0 Å². The predicted molar refractivity (Wildman–Crippen MR) is 76.9 cm³/mol. The number of hydrogen-bond acceptors (Lipinski definition) is 2. The Hall–Kier alpha value is -0.960. The Morgan fingerprint density at radius 3 is 2.35 bits per heavy atom. The topological polar surface area (TPSA) is 20.3 Å². The Morgan fingerprint density at radius 2 is 1.88 bits per heavy atom. The Bertz CT molecular complexity index is 415. The van der Waals surface area contributed by atoms with E-state index in [4.69, 9.17) is 0 Å². The van der Waals surface area contributed by atoms with E-state index in [-0.39, 0.29) is 17.1 Å². The van der Waals surface area contributed by atoms with Crippen LogP contribution in [0.25, 0.3) is 0 Å². The SMILES string of the molecule is Cc1ccc(N(C)C(=O)C(S)C(C)C)c(C)c1. The number of aryl methyl sites for hydroxylation is 2. The van der Waals surface area contributed by atoms with Gasteiger partial charge >= 0.3 is 0 Å². The molecule has 1 aromatic rings. The lowest BCUT2D eigenvalue weighted by Crippen LogP contribution is -2.36. The summed E-state index contributed by atoms with van der Waals surface area (Å²) in [5.41, 5.74) is 3.28. The third-order valence-corrected chi connectivity index (χ3v) is 3.75. The van der Waals surface area contributed by atoms with Crippen LogP contribution in [0.1, 0.15) is 25.0 Å². The van der Waals surface area contributed by atoms with Gasteiger partial charge in [0.15, 0.2) is 0 Å². The zero-order chi connectivity index (χ0) is 13.2. The molecule has 1 unspecified atom stereocenters. The fourth-order valence-electron chi connectivity index (χ4n) is 1.78. The van der Waals surface area contributed by atoms with Crippen molar-refractivity contribution in [3.05, 3.63) is 29.3 Å². The number of amides is 1. The number of anilines is 1. The maximum absolute atomic E-state index is 12.2. The first-order valence-corrected chi connectivity index (χ1v) is 6.39.